The molecule has 0 unspecified atom stereocenters. The standard InChI is InChI=1S/C61H45NSi/c1-61(2)55-33-19-20-42-34-35-44-40-46(41-56(61)59(44)58(42)55)62(45-21-7-3-8-22-45)60-53-31-17-15-29-51(53)57(52-30-16-18-32-54(52)60)43-36-38-50(39-37-43)63(47-23-9-4-10-24-47,48-25-11-5-12-26-48)49-27-13-6-14-28-49/h3-41H,1-2H3. The van der Waals surface area contributed by atoms with Crippen molar-refractivity contribution in [2.45, 2.75) is 19.3 Å². The summed E-state index contributed by atoms with van der Waals surface area (Å²) >= 11 is 0. The normalized spacial score (nSPS) is 13.0. The van der Waals surface area contributed by atoms with Crippen molar-refractivity contribution < 1.29 is 0 Å². The Balaban J connectivity index is 1.09. The van der Waals surface area contributed by atoms with Gasteiger partial charge in [-0.05, 0) is 99.6 Å². The average molecular weight is 820 g/mol. The topological polar surface area (TPSA) is 3.24 Å². The van der Waals surface area contributed by atoms with Crippen LogP contribution in [0.5, 0.6) is 0 Å². The van der Waals surface area contributed by atoms with Crippen molar-refractivity contribution in [3.63, 3.8) is 0 Å². The van der Waals surface area contributed by atoms with Gasteiger partial charge < -0.3 is 4.90 Å². The van der Waals surface area contributed by atoms with Gasteiger partial charge in [0.25, 0.3) is 0 Å². The number of hydrogen-bond acceptors (Lipinski definition) is 1. The fourth-order valence-electron chi connectivity index (χ4n) is 11.1. The molecule has 0 radical (unpaired) electrons. The van der Waals surface area contributed by atoms with Crippen molar-refractivity contribution in [1.82, 2.24) is 0 Å². The van der Waals surface area contributed by atoms with Crippen LogP contribution in [0.25, 0.3) is 54.2 Å². The molecule has 12 rings (SSSR count). The van der Waals surface area contributed by atoms with Crippen LogP contribution in [0, 0.1) is 0 Å². The first-order valence-electron chi connectivity index (χ1n) is 22.1. The van der Waals surface area contributed by atoms with E-state index >= 15 is 0 Å². The maximum Gasteiger partial charge on any atom is 0.179 e. The summed E-state index contributed by atoms with van der Waals surface area (Å²) < 4.78 is 0. The van der Waals surface area contributed by atoms with Gasteiger partial charge in [-0.15, -0.1) is 0 Å². The molecular weight excluding hydrogens is 775 g/mol. The number of fused-ring (bicyclic) bond motifs is 2. The Morgan fingerprint density at radius 2 is 0.810 bits per heavy atom. The molecule has 11 aromatic rings. The minimum atomic E-state index is -2.68. The highest BCUT2D eigenvalue weighted by atomic mass is 28.3. The van der Waals surface area contributed by atoms with Gasteiger partial charge in [0.1, 0.15) is 0 Å². The molecule has 11 aromatic carbocycles. The van der Waals surface area contributed by atoms with Crippen molar-refractivity contribution >= 4 is 89.0 Å². The minimum Gasteiger partial charge on any atom is -0.309 e. The number of rotatable bonds is 8. The van der Waals surface area contributed by atoms with Crippen LogP contribution in [0.3, 0.4) is 0 Å². The largest absolute Gasteiger partial charge is 0.309 e. The van der Waals surface area contributed by atoms with E-state index in [-0.39, 0.29) is 5.41 Å². The van der Waals surface area contributed by atoms with Crippen molar-refractivity contribution in [3.05, 3.63) is 248 Å². The van der Waals surface area contributed by atoms with Crippen molar-refractivity contribution in [1.29, 1.82) is 0 Å². The zero-order chi connectivity index (χ0) is 42.1. The van der Waals surface area contributed by atoms with Gasteiger partial charge in [-0.1, -0.05) is 226 Å². The van der Waals surface area contributed by atoms with Gasteiger partial charge in [0.15, 0.2) is 8.07 Å². The third kappa shape index (κ3) is 5.61. The smallest absolute Gasteiger partial charge is 0.179 e. The Labute approximate surface area is 370 Å². The first kappa shape index (κ1) is 37.3. The Bertz CT molecular complexity index is 3350. The van der Waals surface area contributed by atoms with Crippen LogP contribution in [-0.2, 0) is 5.41 Å². The minimum absolute atomic E-state index is 0.137. The quantitative estimate of drug-likeness (QED) is 0.0639. The summed E-state index contributed by atoms with van der Waals surface area (Å²) in [6.07, 6.45) is 0. The van der Waals surface area contributed by atoms with E-state index in [0.717, 1.165) is 5.69 Å². The van der Waals surface area contributed by atoms with E-state index in [1.807, 2.05) is 0 Å². The number of anilines is 3. The van der Waals surface area contributed by atoms with Crippen molar-refractivity contribution in [2.75, 3.05) is 4.90 Å². The van der Waals surface area contributed by atoms with E-state index in [1.54, 1.807) is 0 Å². The van der Waals surface area contributed by atoms with Gasteiger partial charge in [-0.2, -0.15) is 0 Å². The van der Waals surface area contributed by atoms with E-state index in [4.69, 9.17) is 0 Å². The molecule has 0 saturated heterocycles. The molecule has 1 nitrogen and oxygen atoms in total. The molecule has 0 N–H and O–H groups in total. The third-order valence-electron chi connectivity index (χ3n) is 13.9. The Morgan fingerprint density at radius 3 is 1.37 bits per heavy atom. The molecule has 0 saturated carbocycles. The van der Waals surface area contributed by atoms with Gasteiger partial charge in [0, 0.05) is 27.6 Å². The summed E-state index contributed by atoms with van der Waals surface area (Å²) in [5.74, 6) is 0. The molecule has 0 atom stereocenters. The summed E-state index contributed by atoms with van der Waals surface area (Å²) in [4.78, 5) is 2.52. The molecule has 2 heteroatoms. The number of nitrogens with zero attached hydrogens (tertiary/aromatic N) is 1. The predicted octanol–water partition coefficient (Wildman–Crippen LogP) is 13.5. The molecule has 298 valence electrons. The van der Waals surface area contributed by atoms with E-state index in [9.17, 15) is 0 Å². The van der Waals surface area contributed by atoms with Crippen molar-refractivity contribution in [2.24, 2.45) is 0 Å². The Morgan fingerprint density at radius 1 is 0.349 bits per heavy atom. The molecule has 0 fully saturated rings. The lowest BCUT2D eigenvalue weighted by molar-refractivity contribution is 0.663. The van der Waals surface area contributed by atoms with E-state index < -0.39 is 8.07 Å². The monoisotopic (exact) mass is 819 g/mol. The summed E-state index contributed by atoms with van der Waals surface area (Å²) in [6.45, 7) is 4.79. The highest BCUT2D eigenvalue weighted by molar-refractivity contribution is 7.19. The van der Waals surface area contributed by atoms with E-state index in [0.29, 0.717) is 0 Å². The molecule has 0 spiro atoms. The van der Waals surface area contributed by atoms with Gasteiger partial charge >= 0.3 is 0 Å². The second-order valence-corrected chi connectivity index (χ2v) is 21.4. The second kappa shape index (κ2) is 14.5. The maximum atomic E-state index is 2.52. The lowest BCUT2D eigenvalue weighted by Crippen LogP contribution is -2.74. The summed E-state index contributed by atoms with van der Waals surface area (Å²) in [5.41, 5.74) is 8.62. The highest BCUT2D eigenvalue weighted by Gasteiger charge is 2.41. The van der Waals surface area contributed by atoms with Gasteiger partial charge in [0.2, 0.25) is 0 Å². The molecule has 0 heterocycles. The first-order chi connectivity index (χ1) is 31.0. The zero-order valence-electron chi connectivity index (χ0n) is 35.5. The van der Waals surface area contributed by atoms with Crippen LogP contribution in [0.2, 0.25) is 0 Å². The molecule has 0 bridgehead atoms. The summed E-state index contributed by atoms with van der Waals surface area (Å²) in [5, 5.41) is 15.8. The molecular formula is C61H45NSi. The fraction of sp³-hybridized carbons (Fsp3) is 0.0492. The van der Waals surface area contributed by atoms with Crippen LogP contribution in [0.15, 0.2) is 237 Å². The second-order valence-electron chi connectivity index (χ2n) is 17.6. The van der Waals surface area contributed by atoms with Gasteiger partial charge in [-0.25, -0.2) is 0 Å². The maximum absolute atomic E-state index is 2.68. The van der Waals surface area contributed by atoms with Gasteiger partial charge in [-0.3, -0.25) is 0 Å². The predicted molar refractivity (Wildman–Crippen MR) is 272 cm³/mol. The zero-order valence-corrected chi connectivity index (χ0v) is 36.5. The van der Waals surface area contributed by atoms with E-state index in [1.165, 1.54) is 97.5 Å². The first-order valence-corrected chi connectivity index (χ1v) is 24.1. The summed E-state index contributed by atoms with van der Waals surface area (Å²) in [7, 11) is -2.68. The molecule has 1 aliphatic rings. The number of para-hydroxylation sites is 1. The Hall–Kier alpha value is -7.52. The third-order valence-corrected chi connectivity index (χ3v) is 18.7. The average Bonchev–Trinajstić information content (AvgIpc) is 3.58. The molecule has 0 aliphatic heterocycles. The van der Waals surface area contributed by atoms with E-state index in [2.05, 4.69) is 255 Å². The van der Waals surface area contributed by atoms with Crippen LogP contribution in [0.1, 0.15) is 25.0 Å². The van der Waals surface area contributed by atoms with Gasteiger partial charge in [0.05, 0.1) is 5.69 Å². The highest BCUT2D eigenvalue weighted by Crippen LogP contribution is 2.53. The molecule has 0 aromatic heterocycles. The van der Waals surface area contributed by atoms with Crippen LogP contribution < -0.4 is 25.6 Å². The lowest BCUT2D eigenvalue weighted by Gasteiger charge is -2.34. The number of benzene rings is 11. The van der Waals surface area contributed by atoms with Crippen LogP contribution in [0.4, 0.5) is 17.1 Å². The Kier molecular flexibility index (Phi) is 8.60. The SMILES string of the molecule is CC1(C)c2cccc3ccc4cc(N(c5ccccc5)c5c6ccccc6c(-c6ccc([Si](c7ccccc7)(c7ccccc7)c7ccccc7)cc6)c6ccccc56)cc1c4c23. The molecule has 0 amide bonds. The molecule has 63 heavy (non-hydrogen) atoms. The fourth-order valence-corrected chi connectivity index (χ4v) is 15.9. The van der Waals surface area contributed by atoms with Crippen LogP contribution in [-0.4, -0.2) is 8.07 Å². The molecule has 1 aliphatic carbocycles. The van der Waals surface area contributed by atoms with Crippen molar-refractivity contribution in [3.8, 4) is 11.1 Å². The summed E-state index contributed by atoms with van der Waals surface area (Å²) in [6, 6.07) is 88.6. The van der Waals surface area contributed by atoms with Crippen LogP contribution >= 0.6 is 0 Å². The lowest BCUT2D eigenvalue weighted by atomic mass is 9.81. The number of hydrogen-bond donors (Lipinski definition) is 0.